The summed E-state index contributed by atoms with van der Waals surface area (Å²) in [6, 6.07) is 10.8. The topological polar surface area (TPSA) is 102 Å². The average molecular weight is 431 g/mol. The molecule has 30 heavy (non-hydrogen) atoms. The van der Waals surface area contributed by atoms with Gasteiger partial charge in [-0.1, -0.05) is 40.9 Å². The van der Waals surface area contributed by atoms with E-state index in [-0.39, 0.29) is 11.1 Å². The molecule has 1 heterocycles. The van der Waals surface area contributed by atoms with Crippen LogP contribution in [-0.2, 0) is 14.4 Å². The molecular formula is C21H19ClN2O6. The summed E-state index contributed by atoms with van der Waals surface area (Å²) in [5, 5.41) is 3.21. The number of benzene rings is 2. The quantitative estimate of drug-likeness (QED) is 0.742. The number of alkyl carbamates (subject to hydrolysis) is 1. The van der Waals surface area contributed by atoms with Gasteiger partial charge in [0.2, 0.25) is 0 Å². The van der Waals surface area contributed by atoms with Gasteiger partial charge in [-0.2, -0.15) is 0 Å². The molecule has 1 aliphatic rings. The summed E-state index contributed by atoms with van der Waals surface area (Å²) in [4.78, 5) is 55.1. The van der Waals surface area contributed by atoms with Gasteiger partial charge in [-0.15, -0.1) is 0 Å². The van der Waals surface area contributed by atoms with Gasteiger partial charge in [0.15, 0.2) is 6.04 Å². The van der Waals surface area contributed by atoms with Crippen LogP contribution in [0.2, 0.25) is 5.02 Å². The van der Waals surface area contributed by atoms with Crippen LogP contribution >= 0.6 is 11.6 Å². The molecule has 9 heteroatoms. The number of imide groups is 1. The number of nitrogens with one attached hydrogen (secondary N) is 1. The van der Waals surface area contributed by atoms with Gasteiger partial charge in [-0.3, -0.25) is 9.59 Å². The van der Waals surface area contributed by atoms with Gasteiger partial charge in [-0.05, 0) is 50.6 Å². The van der Waals surface area contributed by atoms with Crippen LogP contribution in [0, 0.1) is 0 Å². The van der Waals surface area contributed by atoms with Crippen LogP contribution in [0.5, 0.6) is 0 Å². The number of hydroxylamine groups is 2. The largest absolute Gasteiger partial charge is 0.444 e. The molecule has 1 unspecified atom stereocenters. The highest BCUT2D eigenvalue weighted by atomic mass is 35.5. The summed E-state index contributed by atoms with van der Waals surface area (Å²) in [6.07, 6.45) is -0.873. The second-order valence-corrected chi connectivity index (χ2v) is 7.93. The number of ether oxygens (including phenoxy) is 1. The zero-order valence-corrected chi connectivity index (χ0v) is 17.2. The Labute approximate surface area is 177 Å². The zero-order chi connectivity index (χ0) is 22.1. The summed E-state index contributed by atoms with van der Waals surface area (Å²) in [7, 11) is 0. The van der Waals surface area contributed by atoms with E-state index in [0.717, 1.165) is 0 Å². The summed E-state index contributed by atoms with van der Waals surface area (Å²) >= 11 is 5.89. The van der Waals surface area contributed by atoms with E-state index in [1.54, 1.807) is 32.9 Å². The first kappa shape index (κ1) is 21.3. The Bertz CT molecular complexity index is 978. The van der Waals surface area contributed by atoms with Crippen molar-refractivity contribution < 1.29 is 28.8 Å². The maximum absolute atomic E-state index is 12.9. The lowest BCUT2D eigenvalue weighted by molar-refractivity contribution is -0.171. The molecule has 0 aliphatic carbocycles. The summed E-state index contributed by atoms with van der Waals surface area (Å²) in [5.41, 5.74) is -0.232. The van der Waals surface area contributed by atoms with Crippen molar-refractivity contribution >= 4 is 35.5 Å². The molecule has 1 atom stereocenters. The Morgan fingerprint density at radius 1 is 0.967 bits per heavy atom. The molecule has 2 aromatic rings. The van der Waals surface area contributed by atoms with E-state index < -0.39 is 35.5 Å². The standard InChI is InChI=1S/C21H19ClN2O6/c1-21(2,3)29-20(28)23-16(12-8-10-13(22)11-9-12)19(27)30-24-17(25)14-6-4-5-7-15(14)18(24)26/h4-11,16H,1-3H3,(H,23,28). The Hall–Kier alpha value is -3.39. The molecule has 2 aromatic carbocycles. The number of halogens is 1. The minimum absolute atomic E-state index is 0.124. The summed E-state index contributed by atoms with van der Waals surface area (Å²) < 4.78 is 5.20. The fourth-order valence-corrected chi connectivity index (χ4v) is 2.88. The number of fused-ring (bicyclic) bond motifs is 1. The van der Waals surface area contributed by atoms with Crippen LogP contribution in [-0.4, -0.2) is 34.5 Å². The lowest BCUT2D eigenvalue weighted by Gasteiger charge is -2.24. The second-order valence-electron chi connectivity index (χ2n) is 7.49. The van der Waals surface area contributed by atoms with E-state index in [1.165, 1.54) is 36.4 Å². The zero-order valence-electron chi connectivity index (χ0n) is 16.5. The predicted octanol–water partition coefficient (Wildman–Crippen LogP) is 3.66. The number of hydrogen-bond acceptors (Lipinski definition) is 6. The van der Waals surface area contributed by atoms with Gasteiger partial charge < -0.3 is 14.9 Å². The second kappa shape index (κ2) is 8.16. The highest BCUT2D eigenvalue weighted by Crippen LogP contribution is 2.25. The number of amides is 3. The molecule has 0 spiro atoms. The average Bonchev–Trinajstić information content (AvgIpc) is 2.91. The third-order valence-corrected chi connectivity index (χ3v) is 4.29. The molecule has 3 amide bonds. The van der Waals surface area contributed by atoms with Gasteiger partial charge in [0.1, 0.15) is 5.60 Å². The van der Waals surface area contributed by atoms with Crippen LogP contribution in [0.15, 0.2) is 48.5 Å². The predicted molar refractivity (Wildman–Crippen MR) is 107 cm³/mol. The SMILES string of the molecule is CC(C)(C)OC(=O)NC(C(=O)ON1C(=O)c2ccccc2C1=O)c1ccc(Cl)cc1. The van der Waals surface area contributed by atoms with Crippen molar-refractivity contribution in [3.8, 4) is 0 Å². The van der Waals surface area contributed by atoms with Crippen LogP contribution < -0.4 is 5.32 Å². The Morgan fingerprint density at radius 2 is 1.50 bits per heavy atom. The van der Waals surface area contributed by atoms with E-state index in [1.807, 2.05) is 0 Å². The first-order chi connectivity index (χ1) is 14.1. The number of carbonyl (C=O) groups excluding carboxylic acids is 4. The molecule has 3 rings (SSSR count). The van der Waals surface area contributed by atoms with Crippen LogP contribution in [0.4, 0.5) is 4.79 Å². The van der Waals surface area contributed by atoms with E-state index in [9.17, 15) is 19.2 Å². The molecule has 0 fully saturated rings. The van der Waals surface area contributed by atoms with E-state index >= 15 is 0 Å². The van der Waals surface area contributed by atoms with Gasteiger partial charge in [0.25, 0.3) is 11.8 Å². The molecule has 0 radical (unpaired) electrons. The van der Waals surface area contributed by atoms with Crippen molar-refractivity contribution in [1.29, 1.82) is 0 Å². The molecule has 0 aromatic heterocycles. The fourth-order valence-electron chi connectivity index (χ4n) is 2.75. The first-order valence-electron chi connectivity index (χ1n) is 9.01. The molecule has 0 bridgehead atoms. The summed E-state index contributed by atoms with van der Waals surface area (Å²) in [5.74, 6) is -2.58. The molecule has 156 valence electrons. The maximum atomic E-state index is 12.9. The number of rotatable bonds is 4. The number of carbonyl (C=O) groups is 4. The van der Waals surface area contributed by atoms with Crippen molar-refractivity contribution in [2.45, 2.75) is 32.4 Å². The molecule has 0 saturated carbocycles. The third kappa shape index (κ3) is 4.60. The Morgan fingerprint density at radius 3 is 2.00 bits per heavy atom. The van der Waals surface area contributed by atoms with Crippen molar-refractivity contribution in [3.63, 3.8) is 0 Å². The van der Waals surface area contributed by atoms with Crippen molar-refractivity contribution in [2.75, 3.05) is 0 Å². The lowest BCUT2D eigenvalue weighted by Crippen LogP contribution is -2.42. The smallest absolute Gasteiger partial charge is 0.408 e. The summed E-state index contributed by atoms with van der Waals surface area (Å²) in [6.45, 7) is 5.00. The van der Waals surface area contributed by atoms with Gasteiger partial charge in [0, 0.05) is 5.02 Å². The van der Waals surface area contributed by atoms with Crippen LogP contribution in [0.3, 0.4) is 0 Å². The first-order valence-corrected chi connectivity index (χ1v) is 9.39. The molecule has 1 N–H and O–H groups in total. The van der Waals surface area contributed by atoms with E-state index in [2.05, 4.69) is 5.32 Å². The van der Waals surface area contributed by atoms with Crippen molar-refractivity contribution in [1.82, 2.24) is 10.4 Å². The van der Waals surface area contributed by atoms with Crippen LogP contribution in [0.1, 0.15) is 53.1 Å². The van der Waals surface area contributed by atoms with Crippen LogP contribution in [0.25, 0.3) is 0 Å². The monoisotopic (exact) mass is 430 g/mol. The highest BCUT2D eigenvalue weighted by molar-refractivity contribution is 6.30. The van der Waals surface area contributed by atoms with E-state index in [4.69, 9.17) is 21.2 Å². The van der Waals surface area contributed by atoms with Gasteiger partial charge in [0.05, 0.1) is 11.1 Å². The fraction of sp³-hybridized carbons (Fsp3) is 0.238. The minimum atomic E-state index is -1.35. The highest BCUT2D eigenvalue weighted by Gasteiger charge is 2.40. The molecular weight excluding hydrogens is 412 g/mol. The van der Waals surface area contributed by atoms with Crippen molar-refractivity contribution in [3.05, 3.63) is 70.2 Å². The molecule has 1 aliphatic heterocycles. The van der Waals surface area contributed by atoms with E-state index in [0.29, 0.717) is 15.6 Å². The number of hydrogen-bond donors (Lipinski definition) is 1. The Kier molecular flexibility index (Phi) is 5.80. The molecule has 8 nitrogen and oxygen atoms in total. The normalized spacial score (nSPS) is 14.2. The van der Waals surface area contributed by atoms with Gasteiger partial charge in [-0.25, -0.2) is 9.59 Å². The van der Waals surface area contributed by atoms with Gasteiger partial charge >= 0.3 is 12.1 Å². The maximum Gasteiger partial charge on any atom is 0.408 e. The molecule has 0 saturated heterocycles. The minimum Gasteiger partial charge on any atom is -0.444 e. The third-order valence-electron chi connectivity index (χ3n) is 4.04. The van der Waals surface area contributed by atoms with Crippen molar-refractivity contribution in [2.24, 2.45) is 0 Å². The lowest BCUT2D eigenvalue weighted by atomic mass is 10.1. The number of nitrogens with zero attached hydrogens (tertiary/aromatic N) is 1. The Balaban J connectivity index is 1.83.